The third kappa shape index (κ3) is 2.20. The standard InChI is InChI=1S/C9H7F2IO2/c1-4(13)6-2-5(14)3-7(12)8(6)9(10)11/h2-3,9,14H,1H3. The second-order valence-electron chi connectivity index (χ2n) is 2.75. The Labute approximate surface area is 93.1 Å². The molecule has 0 aliphatic heterocycles. The van der Waals surface area contributed by atoms with Crippen LogP contribution in [0.2, 0.25) is 0 Å². The Morgan fingerprint density at radius 3 is 2.50 bits per heavy atom. The number of rotatable bonds is 2. The molecule has 1 aromatic carbocycles. The Bertz CT molecular complexity index is 377. The van der Waals surface area contributed by atoms with E-state index >= 15 is 0 Å². The van der Waals surface area contributed by atoms with Crippen molar-refractivity contribution in [2.75, 3.05) is 0 Å². The van der Waals surface area contributed by atoms with E-state index in [1.807, 2.05) is 0 Å². The van der Waals surface area contributed by atoms with Gasteiger partial charge < -0.3 is 5.11 Å². The highest BCUT2D eigenvalue weighted by molar-refractivity contribution is 14.1. The van der Waals surface area contributed by atoms with Crippen molar-refractivity contribution in [2.45, 2.75) is 13.3 Å². The van der Waals surface area contributed by atoms with Crippen molar-refractivity contribution in [1.82, 2.24) is 0 Å². The van der Waals surface area contributed by atoms with Crippen LogP contribution in [-0.2, 0) is 0 Å². The van der Waals surface area contributed by atoms with Crippen molar-refractivity contribution in [1.29, 1.82) is 0 Å². The highest BCUT2D eigenvalue weighted by Gasteiger charge is 2.20. The fourth-order valence-electron chi connectivity index (χ4n) is 1.12. The third-order valence-electron chi connectivity index (χ3n) is 1.71. The summed E-state index contributed by atoms with van der Waals surface area (Å²) >= 11 is 1.67. The van der Waals surface area contributed by atoms with Gasteiger partial charge in [-0.3, -0.25) is 4.79 Å². The minimum Gasteiger partial charge on any atom is -0.508 e. The van der Waals surface area contributed by atoms with E-state index in [-0.39, 0.29) is 20.4 Å². The summed E-state index contributed by atoms with van der Waals surface area (Å²) in [4.78, 5) is 11.0. The van der Waals surface area contributed by atoms with Crippen LogP contribution in [-0.4, -0.2) is 10.9 Å². The molecule has 2 nitrogen and oxygen atoms in total. The smallest absolute Gasteiger partial charge is 0.265 e. The molecule has 0 amide bonds. The van der Waals surface area contributed by atoms with Crippen LogP contribution in [0.25, 0.3) is 0 Å². The summed E-state index contributed by atoms with van der Waals surface area (Å²) in [7, 11) is 0. The SMILES string of the molecule is CC(=O)c1cc(O)cc(I)c1C(F)F. The molecule has 1 aromatic rings. The largest absolute Gasteiger partial charge is 0.508 e. The van der Waals surface area contributed by atoms with Gasteiger partial charge in [-0.2, -0.15) is 0 Å². The number of hydrogen-bond donors (Lipinski definition) is 1. The van der Waals surface area contributed by atoms with Crippen LogP contribution < -0.4 is 0 Å². The van der Waals surface area contributed by atoms with Crippen molar-refractivity contribution in [3.63, 3.8) is 0 Å². The maximum absolute atomic E-state index is 12.5. The molecule has 0 bridgehead atoms. The van der Waals surface area contributed by atoms with E-state index in [0.29, 0.717) is 0 Å². The second kappa shape index (κ2) is 4.20. The number of carbonyl (C=O) groups excluding carboxylic acids is 1. The van der Waals surface area contributed by atoms with E-state index in [1.165, 1.54) is 13.0 Å². The number of phenols is 1. The van der Waals surface area contributed by atoms with Gasteiger partial charge in [0.25, 0.3) is 6.43 Å². The van der Waals surface area contributed by atoms with Gasteiger partial charge in [-0.1, -0.05) is 0 Å². The number of halogens is 3. The first kappa shape index (κ1) is 11.4. The molecular weight excluding hydrogens is 305 g/mol. The predicted octanol–water partition coefficient (Wildman–Crippen LogP) is 3.14. The van der Waals surface area contributed by atoms with E-state index in [4.69, 9.17) is 5.11 Å². The monoisotopic (exact) mass is 312 g/mol. The first-order valence-electron chi connectivity index (χ1n) is 3.75. The van der Waals surface area contributed by atoms with Gasteiger partial charge in [-0.15, -0.1) is 0 Å². The lowest BCUT2D eigenvalue weighted by atomic mass is 10.0. The van der Waals surface area contributed by atoms with Crippen LogP contribution >= 0.6 is 22.6 Å². The predicted molar refractivity (Wildman–Crippen MR) is 55.8 cm³/mol. The highest BCUT2D eigenvalue weighted by Crippen LogP contribution is 2.31. The van der Waals surface area contributed by atoms with Crippen LogP contribution in [0.15, 0.2) is 12.1 Å². The molecule has 0 aliphatic rings. The van der Waals surface area contributed by atoms with Gasteiger partial charge in [0, 0.05) is 14.7 Å². The number of Topliss-reactive ketones (excluding diaryl/α,β-unsaturated/α-hetero) is 1. The molecule has 0 heterocycles. The van der Waals surface area contributed by atoms with Crippen LogP contribution in [0.4, 0.5) is 8.78 Å². The molecule has 0 spiro atoms. The molecule has 0 radical (unpaired) electrons. The van der Waals surface area contributed by atoms with Gasteiger partial charge in [-0.05, 0) is 41.6 Å². The van der Waals surface area contributed by atoms with Gasteiger partial charge >= 0.3 is 0 Å². The molecule has 0 saturated carbocycles. The highest BCUT2D eigenvalue weighted by atomic mass is 127. The summed E-state index contributed by atoms with van der Waals surface area (Å²) in [6.07, 6.45) is -2.71. The molecule has 1 rings (SSSR count). The normalized spacial score (nSPS) is 10.6. The average Bonchev–Trinajstić information content (AvgIpc) is 2.01. The van der Waals surface area contributed by atoms with E-state index < -0.39 is 12.2 Å². The fraction of sp³-hybridized carbons (Fsp3) is 0.222. The lowest BCUT2D eigenvalue weighted by Crippen LogP contribution is -2.02. The van der Waals surface area contributed by atoms with Gasteiger partial charge in [-0.25, -0.2) is 8.78 Å². The van der Waals surface area contributed by atoms with E-state index in [0.717, 1.165) is 6.07 Å². The fourth-order valence-corrected chi connectivity index (χ4v) is 1.96. The zero-order chi connectivity index (χ0) is 10.9. The molecular formula is C9H7F2IO2. The number of ketones is 1. The number of alkyl halides is 2. The molecule has 0 fully saturated rings. The quantitative estimate of drug-likeness (QED) is 0.673. The average molecular weight is 312 g/mol. The zero-order valence-electron chi connectivity index (χ0n) is 7.22. The maximum atomic E-state index is 12.5. The lowest BCUT2D eigenvalue weighted by Gasteiger charge is -2.09. The van der Waals surface area contributed by atoms with Gasteiger partial charge in [0.2, 0.25) is 0 Å². The summed E-state index contributed by atoms with van der Waals surface area (Å²) in [6, 6.07) is 2.26. The van der Waals surface area contributed by atoms with Crippen molar-refractivity contribution >= 4 is 28.4 Å². The molecule has 0 aliphatic carbocycles. The van der Waals surface area contributed by atoms with Crippen molar-refractivity contribution in [2.24, 2.45) is 0 Å². The number of carbonyl (C=O) groups is 1. The topological polar surface area (TPSA) is 37.3 Å². The van der Waals surface area contributed by atoms with Gasteiger partial charge in [0.1, 0.15) is 5.75 Å². The van der Waals surface area contributed by atoms with Crippen molar-refractivity contribution in [3.8, 4) is 5.75 Å². The Balaban J connectivity index is 3.44. The Kier molecular flexibility index (Phi) is 3.41. The molecule has 0 saturated heterocycles. The first-order valence-corrected chi connectivity index (χ1v) is 4.83. The van der Waals surface area contributed by atoms with Gasteiger partial charge in [0.15, 0.2) is 5.78 Å². The lowest BCUT2D eigenvalue weighted by molar-refractivity contribution is 0.0998. The van der Waals surface area contributed by atoms with E-state index in [1.54, 1.807) is 22.6 Å². The van der Waals surface area contributed by atoms with E-state index in [9.17, 15) is 13.6 Å². The summed E-state index contributed by atoms with van der Waals surface area (Å²) in [5.41, 5.74) is -0.430. The Hall–Kier alpha value is -0.720. The maximum Gasteiger partial charge on any atom is 0.265 e. The summed E-state index contributed by atoms with van der Waals surface area (Å²) in [5.74, 6) is -0.655. The minimum atomic E-state index is -2.71. The van der Waals surface area contributed by atoms with Crippen molar-refractivity contribution < 1.29 is 18.7 Å². The first-order chi connectivity index (χ1) is 6.43. The van der Waals surface area contributed by atoms with Crippen LogP contribution in [0, 0.1) is 3.57 Å². The van der Waals surface area contributed by atoms with Crippen LogP contribution in [0.1, 0.15) is 29.3 Å². The Morgan fingerprint density at radius 2 is 2.07 bits per heavy atom. The van der Waals surface area contributed by atoms with E-state index in [2.05, 4.69) is 0 Å². The molecule has 0 aromatic heterocycles. The number of phenolic OH excluding ortho intramolecular Hbond substituents is 1. The number of benzene rings is 1. The zero-order valence-corrected chi connectivity index (χ0v) is 9.38. The third-order valence-corrected chi connectivity index (χ3v) is 2.60. The van der Waals surface area contributed by atoms with Gasteiger partial charge in [0.05, 0.1) is 0 Å². The number of hydrogen-bond acceptors (Lipinski definition) is 2. The molecule has 0 atom stereocenters. The second-order valence-corrected chi connectivity index (χ2v) is 3.91. The van der Waals surface area contributed by atoms with Crippen LogP contribution in [0.5, 0.6) is 5.75 Å². The van der Waals surface area contributed by atoms with Crippen molar-refractivity contribution in [3.05, 3.63) is 26.8 Å². The molecule has 5 heteroatoms. The minimum absolute atomic E-state index is 0.121. The summed E-state index contributed by atoms with van der Waals surface area (Å²) in [5, 5.41) is 9.15. The Morgan fingerprint density at radius 1 is 1.50 bits per heavy atom. The summed E-state index contributed by atoms with van der Waals surface area (Å²) in [6.45, 7) is 1.19. The molecule has 1 N–H and O–H groups in total. The molecule has 0 unspecified atom stereocenters. The molecule has 76 valence electrons. The molecule has 14 heavy (non-hydrogen) atoms. The summed E-state index contributed by atoms with van der Waals surface area (Å²) < 4.78 is 25.3. The van der Waals surface area contributed by atoms with Crippen LogP contribution in [0.3, 0.4) is 0 Å². The number of aromatic hydroxyl groups is 1.